The number of urea groups is 1. The molecule has 0 spiro atoms. The summed E-state index contributed by atoms with van der Waals surface area (Å²) in [5.74, 6) is -2.51. The van der Waals surface area contributed by atoms with E-state index < -0.39 is 48.3 Å². The van der Waals surface area contributed by atoms with Gasteiger partial charge in [0, 0.05) is 38.0 Å². The van der Waals surface area contributed by atoms with Crippen LogP contribution in [0.1, 0.15) is 18.1 Å². The third-order valence-corrected chi connectivity index (χ3v) is 7.58. The van der Waals surface area contributed by atoms with Crippen molar-refractivity contribution in [2.75, 3.05) is 61.8 Å². The van der Waals surface area contributed by atoms with Crippen LogP contribution in [0.4, 0.5) is 70.0 Å². The van der Waals surface area contributed by atoms with Gasteiger partial charge >= 0.3 is 18.4 Å². The highest BCUT2D eigenvalue weighted by atomic mass is 19.4. The number of ether oxygens (including phenoxy) is 1. The van der Waals surface area contributed by atoms with E-state index in [0.717, 1.165) is 24.0 Å². The summed E-state index contributed by atoms with van der Waals surface area (Å²) in [4.78, 5) is 39.4. The van der Waals surface area contributed by atoms with Gasteiger partial charge in [0.05, 0.1) is 42.0 Å². The first-order chi connectivity index (χ1) is 22.8. The lowest BCUT2D eigenvalue weighted by Gasteiger charge is -2.39. The van der Waals surface area contributed by atoms with Crippen molar-refractivity contribution < 1.29 is 45.1 Å². The summed E-state index contributed by atoms with van der Waals surface area (Å²) in [6.45, 7) is 4.38. The van der Waals surface area contributed by atoms with Gasteiger partial charge in [0.1, 0.15) is 11.8 Å². The molecule has 1 aromatic heterocycles. The Morgan fingerprint density at radius 3 is 2.27 bits per heavy atom. The molecule has 0 radical (unpaired) electrons. The van der Waals surface area contributed by atoms with Gasteiger partial charge in [0.2, 0.25) is 5.95 Å². The van der Waals surface area contributed by atoms with Crippen LogP contribution in [0.15, 0.2) is 55.0 Å². The van der Waals surface area contributed by atoms with Gasteiger partial charge < -0.3 is 30.1 Å². The predicted molar refractivity (Wildman–Crippen MR) is 169 cm³/mol. The highest BCUT2D eigenvalue weighted by Crippen LogP contribution is 2.41. The van der Waals surface area contributed by atoms with Crippen LogP contribution in [-0.4, -0.2) is 85.3 Å². The van der Waals surface area contributed by atoms with E-state index in [1.54, 1.807) is 18.0 Å². The molecule has 0 saturated carbocycles. The molecule has 0 aliphatic carbocycles. The molecule has 2 N–H and O–H groups in total. The van der Waals surface area contributed by atoms with E-state index in [1.807, 2.05) is 19.0 Å². The number of aromatic nitrogens is 2. The van der Waals surface area contributed by atoms with Gasteiger partial charge in [-0.15, -0.1) is 0 Å². The number of carbonyl (C=O) groups excluding carboxylic acids is 2. The monoisotopic (exact) mass is 698 g/mol. The third-order valence-electron chi connectivity index (χ3n) is 7.58. The molecule has 1 atom stereocenters. The van der Waals surface area contributed by atoms with E-state index in [1.165, 1.54) is 19.4 Å². The number of likely N-dealkylation sites (N-methyl/N-ethyl adjacent to an activating group) is 2. The highest BCUT2D eigenvalue weighted by Gasteiger charge is 2.46. The first kappa shape index (κ1) is 36.7. The van der Waals surface area contributed by atoms with E-state index in [-0.39, 0.29) is 40.1 Å². The van der Waals surface area contributed by atoms with Crippen molar-refractivity contribution in [3.8, 4) is 5.75 Å². The number of rotatable bonds is 11. The van der Waals surface area contributed by atoms with Gasteiger partial charge in [-0.3, -0.25) is 4.79 Å². The number of amides is 3. The second-order valence-electron chi connectivity index (χ2n) is 11.3. The first-order valence-electron chi connectivity index (χ1n) is 14.5. The van der Waals surface area contributed by atoms with E-state index in [4.69, 9.17) is 4.74 Å². The Bertz CT molecular complexity index is 1710. The Balaban J connectivity index is 1.80. The Labute approximate surface area is 276 Å². The largest absolute Gasteiger partial charge is 0.494 e. The molecule has 0 saturated heterocycles. The Morgan fingerprint density at radius 2 is 1.71 bits per heavy atom. The summed E-state index contributed by atoms with van der Waals surface area (Å²) in [6.07, 6.45) is -8.34. The van der Waals surface area contributed by atoms with Crippen LogP contribution >= 0.6 is 0 Å². The Hall–Kier alpha value is -5.13. The number of nitrogens with one attached hydrogen (secondary N) is 2. The molecule has 1 unspecified atom stereocenters. The molecule has 264 valence electrons. The van der Waals surface area contributed by atoms with Crippen LogP contribution < -0.4 is 25.2 Å². The standard InChI is InChI=1S/C31H33F7N8O3/c1-17(32)27(47)40-22-13-23(25(49-6)14-24(22)44(5)12-11-43(3)4)41-28-39-15-19-16-45(18(2)30(33,34)35)29(48)46(26(19)42-28)21-9-7-20(8-10-21)31(36,37)38/h7-10,13-15,18H,1,11-12,16H2,2-6H3,(H,40,47)(H,39,41,42). The zero-order valence-electron chi connectivity index (χ0n) is 27.0. The van der Waals surface area contributed by atoms with Crippen molar-refractivity contribution in [2.24, 2.45) is 0 Å². The van der Waals surface area contributed by atoms with Crippen molar-refractivity contribution in [1.29, 1.82) is 0 Å². The van der Waals surface area contributed by atoms with Crippen molar-refractivity contribution in [3.63, 3.8) is 0 Å². The molecule has 18 heteroatoms. The molecular weight excluding hydrogens is 665 g/mol. The molecule has 1 aliphatic heterocycles. The number of fused-ring (bicyclic) bond motifs is 1. The van der Waals surface area contributed by atoms with Crippen LogP contribution in [0.5, 0.6) is 5.75 Å². The maximum atomic E-state index is 13.7. The Morgan fingerprint density at radius 1 is 1.06 bits per heavy atom. The van der Waals surface area contributed by atoms with Crippen LogP contribution in [0.25, 0.3) is 0 Å². The number of anilines is 6. The number of hydrogen-bond acceptors (Lipinski definition) is 8. The van der Waals surface area contributed by atoms with Gasteiger partial charge in [-0.25, -0.2) is 19.1 Å². The first-order valence-corrected chi connectivity index (χ1v) is 14.5. The molecule has 3 amide bonds. The van der Waals surface area contributed by atoms with Crippen LogP contribution in [0, 0.1) is 0 Å². The summed E-state index contributed by atoms with van der Waals surface area (Å²) in [5, 5.41) is 5.33. The summed E-state index contributed by atoms with van der Waals surface area (Å²) < 4.78 is 100. The molecular formula is C31H33F7N8O3. The normalized spacial score (nSPS) is 14.0. The lowest BCUT2D eigenvalue weighted by Crippen LogP contribution is -2.53. The van der Waals surface area contributed by atoms with E-state index in [0.29, 0.717) is 35.8 Å². The Kier molecular flexibility index (Phi) is 10.6. The smallest absolute Gasteiger partial charge is 0.416 e. The molecule has 49 heavy (non-hydrogen) atoms. The molecule has 2 aromatic carbocycles. The minimum Gasteiger partial charge on any atom is -0.494 e. The summed E-state index contributed by atoms with van der Waals surface area (Å²) in [7, 11) is 6.85. The zero-order chi connectivity index (χ0) is 36.4. The number of nitrogens with zero attached hydrogens (tertiary/aromatic N) is 6. The molecule has 3 aromatic rings. The number of halogens is 7. The summed E-state index contributed by atoms with van der Waals surface area (Å²) >= 11 is 0. The lowest BCUT2D eigenvalue weighted by molar-refractivity contribution is -0.172. The summed E-state index contributed by atoms with van der Waals surface area (Å²) in [6, 6.07) is 2.82. The number of hydrogen-bond donors (Lipinski definition) is 2. The highest BCUT2D eigenvalue weighted by molar-refractivity contribution is 6.04. The van der Waals surface area contributed by atoms with E-state index in [2.05, 4.69) is 27.2 Å². The van der Waals surface area contributed by atoms with Crippen molar-refractivity contribution in [2.45, 2.75) is 31.9 Å². The van der Waals surface area contributed by atoms with Gasteiger partial charge in [-0.2, -0.15) is 31.3 Å². The molecule has 4 rings (SSSR count). The number of alkyl halides is 6. The minimum atomic E-state index is -4.81. The quantitative estimate of drug-likeness (QED) is 0.169. The minimum absolute atomic E-state index is 0.0698. The van der Waals surface area contributed by atoms with Crippen LogP contribution in [0.2, 0.25) is 0 Å². The van der Waals surface area contributed by atoms with Crippen molar-refractivity contribution >= 4 is 46.5 Å². The van der Waals surface area contributed by atoms with Crippen LogP contribution in [0.3, 0.4) is 0 Å². The fourth-order valence-corrected chi connectivity index (χ4v) is 4.78. The SMILES string of the molecule is C=C(F)C(=O)Nc1cc(Nc2ncc3c(n2)N(c2ccc(C(F)(F)F)cc2)C(=O)N(C(C)C(F)(F)F)C3)c(OC)cc1N(C)CCN(C)C. The van der Waals surface area contributed by atoms with E-state index >= 15 is 0 Å². The average molecular weight is 699 g/mol. The molecule has 11 nitrogen and oxygen atoms in total. The third kappa shape index (κ3) is 8.30. The second-order valence-corrected chi connectivity index (χ2v) is 11.3. The molecule has 1 aliphatic rings. The predicted octanol–water partition coefficient (Wildman–Crippen LogP) is 6.69. The van der Waals surface area contributed by atoms with E-state index in [9.17, 15) is 40.3 Å². The molecule has 0 fully saturated rings. The average Bonchev–Trinajstić information content (AvgIpc) is 3.02. The maximum Gasteiger partial charge on any atom is 0.416 e. The van der Waals surface area contributed by atoms with Crippen molar-refractivity contribution in [3.05, 3.63) is 66.1 Å². The number of carbonyl (C=O) groups is 2. The fourth-order valence-electron chi connectivity index (χ4n) is 4.78. The van der Waals surface area contributed by atoms with Gasteiger partial charge in [-0.05, 0) is 51.4 Å². The topological polar surface area (TPSA) is 106 Å². The van der Waals surface area contributed by atoms with Gasteiger partial charge in [0.25, 0.3) is 5.91 Å². The molecule has 2 heterocycles. The maximum absolute atomic E-state index is 13.7. The fraction of sp³-hybridized carbons (Fsp3) is 0.355. The lowest BCUT2D eigenvalue weighted by atomic mass is 10.1. The van der Waals surface area contributed by atoms with Gasteiger partial charge in [-0.1, -0.05) is 6.58 Å². The van der Waals surface area contributed by atoms with Gasteiger partial charge in [0.15, 0.2) is 11.6 Å². The second kappa shape index (κ2) is 14.2. The zero-order valence-corrected chi connectivity index (χ0v) is 27.0. The van der Waals surface area contributed by atoms with Crippen molar-refractivity contribution in [1.82, 2.24) is 19.8 Å². The summed E-state index contributed by atoms with van der Waals surface area (Å²) in [5.41, 5.74) is -0.397. The number of methoxy groups -OCH3 is 1. The number of benzene rings is 2. The van der Waals surface area contributed by atoms with Crippen LogP contribution in [-0.2, 0) is 17.5 Å². The molecule has 0 bridgehead atoms.